The van der Waals surface area contributed by atoms with Crippen molar-refractivity contribution in [2.24, 2.45) is 0 Å². The second-order valence-electron chi connectivity index (χ2n) is 4.91. The Balaban J connectivity index is 2.31. The molecule has 3 nitrogen and oxygen atoms in total. The summed E-state index contributed by atoms with van der Waals surface area (Å²) >= 11 is 0. The second-order valence-corrected chi connectivity index (χ2v) is 4.91. The van der Waals surface area contributed by atoms with Gasteiger partial charge in [-0.15, -0.1) is 0 Å². The summed E-state index contributed by atoms with van der Waals surface area (Å²) < 4.78 is 15.7. The molecule has 2 rings (SSSR count). The Morgan fingerprint density at radius 1 is 1.26 bits per heavy atom. The van der Waals surface area contributed by atoms with E-state index in [1.807, 2.05) is 44.6 Å². The van der Waals surface area contributed by atoms with E-state index in [4.69, 9.17) is 0 Å². The fraction of sp³-hybridized carbons (Fsp3) is 0.400. The van der Waals surface area contributed by atoms with Gasteiger partial charge in [0.25, 0.3) is 0 Å². The number of rotatable bonds is 4. The summed E-state index contributed by atoms with van der Waals surface area (Å²) in [5.74, 6) is -0.176. The first-order chi connectivity index (χ1) is 9.02. The van der Waals surface area contributed by atoms with Crippen LogP contribution in [-0.2, 0) is 13.1 Å². The molecule has 0 aliphatic carbocycles. The molecule has 0 spiro atoms. The van der Waals surface area contributed by atoms with E-state index in [1.165, 1.54) is 11.6 Å². The van der Waals surface area contributed by atoms with Gasteiger partial charge in [-0.3, -0.25) is 4.68 Å². The van der Waals surface area contributed by atoms with Crippen molar-refractivity contribution in [3.05, 3.63) is 52.1 Å². The van der Waals surface area contributed by atoms with Gasteiger partial charge < -0.3 is 5.32 Å². The summed E-state index contributed by atoms with van der Waals surface area (Å²) in [6.07, 6.45) is 0. The minimum absolute atomic E-state index is 0.176. The molecule has 1 N–H and O–H groups in total. The molecule has 19 heavy (non-hydrogen) atoms. The van der Waals surface area contributed by atoms with Crippen LogP contribution in [0.15, 0.2) is 18.2 Å². The molecule has 0 unspecified atom stereocenters. The van der Waals surface area contributed by atoms with Gasteiger partial charge in [-0.1, -0.05) is 6.07 Å². The molecule has 1 aromatic carbocycles. The van der Waals surface area contributed by atoms with Gasteiger partial charge in [0.05, 0.1) is 12.2 Å². The fourth-order valence-corrected chi connectivity index (χ4v) is 2.17. The number of hydrogen-bond acceptors (Lipinski definition) is 2. The lowest BCUT2D eigenvalue weighted by molar-refractivity contribution is 0.577. The maximum absolute atomic E-state index is 13.9. The Morgan fingerprint density at radius 3 is 2.58 bits per heavy atom. The smallest absolute Gasteiger partial charge is 0.128 e. The minimum Gasteiger partial charge on any atom is -0.316 e. The molecule has 2 aromatic rings. The molecular weight excluding hydrogens is 241 g/mol. The lowest BCUT2D eigenvalue weighted by Gasteiger charge is -2.09. The van der Waals surface area contributed by atoms with E-state index in [2.05, 4.69) is 10.4 Å². The Morgan fingerprint density at radius 2 is 2.00 bits per heavy atom. The topological polar surface area (TPSA) is 29.9 Å². The van der Waals surface area contributed by atoms with Gasteiger partial charge in [0.1, 0.15) is 5.82 Å². The largest absolute Gasteiger partial charge is 0.316 e. The SMILES string of the molecule is CNCc1ccc(F)c(Cn2nc(C)c(C)c2C)c1. The van der Waals surface area contributed by atoms with Gasteiger partial charge in [0.2, 0.25) is 0 Å². The van der Waals surface area contributed by atoms with Gasteiger partial charge in [0, 0.05) is 17.8 Å². The van der Waals surface area contributed by atoms with E-state index < -0.39 is 0 Å². The summed E-state index contributed by atoms with van der Waals surface area (Å²) in [5, 5.41) is 7.53. The van der Waals surface area contributed by atoms with E-state index in [0.717, 1.165) is 23.5 Å². The average molecular weight is 261 g/mol. The minimum atomic E-state index is -0.176. The van der Waals surface area contributed by atoms with Crippen molar-refractivity contribution in [1.82, 2.24) is 15.1 Å². The highest BCUT2D eigenvalue weighted by Crippen LogP contribution is 2.16. The summed E-state index contributed by atoms with van der Waals surface area (Å²) in [6.45, 7) is 7.26. The summed E-state index contributed by atoms with van der Waals surface area (Å²) in [5.41, 5.74) is 5.03. The van der Waals surface area contributed by atoms with Crippen LogP contribution in [0.25, 0.3) is 0 Å². The highest BCUT2D eigenvalue weighted by Gasteiger charge is 2.10. The van der Waals surface area contributed by atoms with Gasteiger partial charge in [-0.25, -0.2) is 4.39 Å². The summed E-state index contributed by atoms with van der Waals surface area (Å²) in [4.78, 5) is 0. The van der Waals surface area contributed by atoms with Crippen molar-refractivity contribution < 1.29 is 4.39 Å². The Kier molecular flexibility index (Phi) is 4.00. The highest BCUT2D eigenvalue weighted by molar-refractivity contribution is 5.27. The number of halogens is 1. The van der Waals surface area contributed by atoms with Crippen molar-refractivity contribution in [2.45, 2.75) is 33.9 Å². The van der Waals surface area contributed by atoms with Crippen molar-refractivity contribution in [2.75, 3.05) is 7.05 Å². The van der Waals surface area contributed by atoms with Gasteiger partial charge in [0.15, 0.2) is 0 Å². The van der Waals surface area contributed by atoms with Crippen LogP contribution in [0.4, 0.5) is 4.39 Å². The molecule has 0 fully saturated rings. The van der Waals surface area contributed by atoms with Crippen LogP contribution >= 0.6 is 0 Å². The van der Waals surface area contributed by atoms with Crippen LogP contribution in [0, 0.1) is 26.6 Å². The number of hydrogen-bond donors (Lipinski definition) is 1. The van der Waals surface area contributed by atoms with Gasteiger partial charge in [-0.05, 0) is 51.1 Å². The van der Waals surface area contributed by atoms with Crippen LogP contribution < -0.4 is 5.32 Å². The van der Waals surface area contributed by atoms with Gasteiger partial charge in [-0.2, -0.15) is 5.10 Å². The fourth-order valence-electron chi connectivity index (χ4n) is 2.17. The standard InChI is InChI=1S/C15H20FN3/c1-10-11(2)18-19(12(10)3)9-14-7-13(8-17-4)5-6-15(14)16/h5-7,17H,8-9H2,1-4H3. The van der Waals surface area contributed by atoms with E-state index in [-0.39, 0.29) is 5.82 Å². The number of benzene rings is 1. The molecule has 0 aliphatic rings. The third-order valence-corrected chi connectivity index (χ3v) is 3.55. The second kappa shape index (κ2) is 5.53. The Labute approximate surface area is 113 Å². The van der Waals surface area contributed by atoms with Crippen molar-refractivity contribution in [3.8, 4) is 0 Å². The van der Waals surface area contributed by atoms with Gasteiger partial charge >= 0.3 is 0 Å². The van der Waals surface area contributed by atoms with Crippen LogP contribution in [-0.4, -0.2) is 16.8 Å². The predicted molar refractivity (Wildman–Crippen MR) is 74.7 cm³/mol. The Hall–Kier alpha value is -1.68. The first-order valence-corrected chi connectivity index (χ1v) is 6.45. The molecule has 1 heterocycles. The third kappa shape index (κ3) is 2.84. The molecule has 1 aromatic heterocycles. The van der Waals surface area contributed by atoms with Crippen LogP contribution in [0.5, 0.6) is 0 Å². The zero-order chi connectivity index (χ0) is 14.0. The quantitative estimate of drug-likeness (QED) is 0.917. The summed E-state index contributed by atoms with van der Waals surface area (Å²) in [6, 6.07) is 5.24. The summed E-state index contributed by atoms with van der Waals surface area (Å²) in [7, 11) is 1.88. The molecule has 4 heteroatoms. The molecule has 0 atom stereocenters. The first-order valence-electron chi connectivity index (χ1n) is 6.45. The van der Waals surface area contributed by atoms with Crippen molar-refractivity contribution in [3.63, 3.8) is 0 Å². The molecule has 0 saturated heterocycles. The van der Waals surface area contributed by atoms with E-state index in [0.29, 0.717) is 12.1 Å². The number of aryl methyl sites for hydroxylation is 1. The molecule has 0 bridgehead atoms. The molecule has 102 valence electrons. The normalized spacial score (nSPS) is 11.0. The van der Waals surface area contributed by atoms with Crippen molar-refractivity contribution >= 4 is 0 Å². The van der Waals surface area contributed by atoms with E-state index in [1.54, 1.807) is 0 Å². The zero-order valence-electron chi connectivity index (χ0n) is 11.9. The lowest BCUT2D eigenvalue weighted by atomic mass is 10.1. The third-order valence-electron chi connectivity index (χ3n) is 3.55. The molecule has 0 saturated carbocycles. The average Bonchev–Trinajstić information content (AvgIpc) is 2.62. The van der Waals surface area contributed by atoms with Crippen LogP contribution in [0.2, 0.25) is 0 Å². The monoisotopic (exact) mass is 261 g/mol. The van der Waals surface area contributed by atoms with Crippen molar-refractivity contribution in [1.29, 1.82) is 0 Å². The zero-order valence-corrected chi connectivity index (χ0v) is 11.9. The lowest BCUT2D eigenvalue weighted by Crippen LogP contribution is -2.09. The van der Waals surface area contributed by atoms with Crippen LogP contribution in [0.3, 0.4) is 0 Å². The van der Waals surface area contributed by atoms with E-state index >= 15 is 0 Å². The van der Waals surface area contributed by atoms with Crippen LogP contribution in [0.1, 0.15) is 28.1 Å². The molecule has 0 radical (unpaired) electrons. The maximum atomic E-state index is 13.9. The maximum Gasteiger partial charge on any atom is 0.128 e. The Bertz CT molecular complexity index is 587. The molecule has 0 amide bonds. The highest BCUT2D eigenvalue weighted by atomic mass is 19.1. The number of nitrogens with zero attached hydrogens (tertiary/aromatic N) is 2. The number of nitrogens with one attached hydrogen (secondary N) is 1. The first kappa shape index (κ1) is 13.7. The molecule has 0 aliphatic heterocycles. The number of aromatic nitrogens is 2. The van der Waals surface area contributed by atoms with E-state index in [9.17, 15) is 4.39 Å². The molecular formula is C15H20FN3. The predicted octanol–water partition coefficient (Wildman–Crippen LogP) is 2.72.